The van der Waals surface area contributed by atoms with Crippen molar-refractivity contribution in [1.29, 1.82) is 0 Å². The van der Waals surface area contributed by atoms with Crippen molar-refractivity contribution in [2.75, 3.05) is 5.73 Å². The Bertz CT molecular complexity index is 509. The fourth-order valence-corrected chi connectivity index (χ4v) is 1.14. The van der Waals surface area contributed by atoms with Crippen LogP contribution in [-0.4, -0.2) is 42.8 Å². The lowest BCUT2D eigenvalue weighted by atomic mass is 10.1. The maximum absolute atomic E-state index is 10.9. The molecule has 0 atom stereocenters. The molecule has 0 radical (unpaired) electrons. The molecule has 0 aliphatic rings. The lowest BCUT2D eigenvalue weighted by Crippen LogP contribution is -2.34. The standard InChI is InChI=1S/C8H10N4O5S/c1-8(2,6(15)16)17-11-3(5(13)14)4-10-7(9)18-12-4/h1-2H3,(H,13,14)(H,15,16)(H2,9,10,12)/b11-3+. The fourth-order valence-electron chi connectivity index (χ4n) is 0.706. The van der Waals surface area contributed by atoms with E-state index in [2.05, 4.69) is 19.4 Å². The second kappa shape index (κ2) is 4.96. The number of aromatic nitrogens is 2. The zero-order chi connectivity index (χ0) is 13.9. The van der Waals surface area contributed by atoms with E-state index >= 15 is 0 Å². The van der Waals surface area contributed by atoms with Crippen LogP contribution in [0.4, 0.5) is 5.13 Å². The summed E-state index contributed by atoms with van der Waals surface area (Å²) in [6.07, 6.45) is 0. The Kier molecular flexibility index (Phi) is 3.81. The van der Waals surface area contributed by atoms with Crippen LogP contribution in [0.1, 0.15) is 19.7 Å². The van der Waals surface area contributed by atoms with Gasteiger partial charge in [-0.1, -0.05) is 5.16 Å². The quantitative estimate of drug-likeness (QED) is 0.493. The van der Waals surface area contributed by atoms with Gasteiger partial charge in [-0.05, 0) is 13.8 Å². The number of carboxylic acid groups (broad SMARTS) is 2. The third-order valence-corrected chi connectivity index (χ3v) is 2.28. The molecule has 1 aromatic rings. The van der Waals surface area contributed by atoms with Gasteiger partial charge in [-0.25, -0.2) is 9.59 Å². The van der Waals surface area contributed by atoms with E-state index in [-0.39, 0.29) is 11.0 Å². The summed E-state index contributed by atoms with van der Waals surface area (Å²) in [6.45, 7) is 2.45. The van der Waals surface area contributed by atoms with E-state index in [0.717, 1.165) is 11.5 Å². The van der Waals surface area contributed by atoms with Crippen molar-refractivity contribution in [3.8, 4) is 0 Å². The summed E-state index contributed by atoms with van der Waals surface area (Å²) in [4.78, 5) is 30.0. The summed E-state index contributed by atoms with van der Waals surface area (Å²) in [5, 5.41) is 21.0. The monoisotopic (exact) mass is 274 g/mol. The van der Waals surface area contributed by atoms with Crippen LogP contribution < -0.4 is 5.73 Å². The molecule has 10 heteroatoms. The molecule has 0 unspecified atom stereocenters. The van der Waals surface area contributed by atoms with Gasteiger partial charge in [0.1, 0.15) is 0 Å². The van der Waals surface area contributed by atoms with E-state index < -0.39 is 23.3 Å². The number of hydrogen-bond donors (Lipinski definition) is 3. The van der Waals surface area contributed by atoms with E-state index in [1.165, 1.54) is 13.8 Å². The summed E-state index contributed by atoms with van der Waals surface area (Å²) in [7, 11) is 0. The SMILES string of the molecule is CC(C)(O/N=C(/C(=O)O)c1nsc(N)n1)C(=O)O. The van der Waals surface area contributed by atoms with Gasteiger partial charge in [0.05, 0.1) is 0 Å². The molecular weight excluding hydrogens is 264 g/mol. The summed E-state index contributed by atoms with van der Waals surface area (Å²) in [5.41, 5.74) is 3.03. The Morgan fingerprint density at radius 3 is 2.44 bits per heavy atom. The van der Waals surface area contributed by atoms with E-state index in [1.54, 1.807) is 0 Å². The number of rotatable bonds is 5. The molecule has 9 nitrogen and oxygen atoms in total. The molecule has 1 heterocycles. The predicted octanol–water partition coefficient (Wildman–Crippen LogP) is -0.211. The highest BCUT2D eigenvalue weighted by atomic mass is 32.1. The van der Waals surface area contributed by atoms with Crippen LogP contribution in [0.15, 0.2) is 5.16 Å². The largest absolute Gasteiger partial charge is 0.478 e. The number of hydrogen-bond acceptors (Lipinski definition) is 8. The highest BCUT2D eigenvalue weighted by Crippen LogP contribution is 2.12. The van der Waals surface area contributed by atoms with Gasteiger partial charge in [-0.2, -0.15) is 9.36 Å². The molecule has 1 aromatic heterocycles. The lowest BCUT2D eigenvalue weighted by molar-refractivity contribution is -0.161. The number of nitrogens with zero attached hydrogens (tertiary/aromatic N) is 3. The molecule has 98 valence electrons. The summed E-state index contributed by atoms with van der Waals surface area (Å²) < 4.78 is 3.65. The van der Waals surface area contributed by atoms with E-state index in [4.69, 9.17) is 15.9 Å². The summed E-state index contributed by atoms with van der Waals surface area (Å²) >= 11 is 0.790. The van der Waals surface area contributed by atoms with E-state index in [1.807, 2.05) is 0 Å². The lowest BCUT2D eigenvalue weighted by Gasteiger charge is -2.16. The van der Waals surface area contributed by atoms with Gasteiger partial charge in [0.25, 0.3) is 0 Å². The Labute approximate surface area is 105 Å². The van der Waals surface area contributed by atoms with Gasteiger partial charge in [-0.3, -0.25) is 0 Å². The second-order valence-corrected chi connectivity index (χ2v) is 4.39. The average Bonchev–Trinajstić information content (AvgIpc) is 2.64. The molecule has 0 aromatic carbocycles. The minimum Gasteiger partial charge on any atom is -0.478 e. The Morgan fingerprint density at radius 2 is 2.06 bits per heavy atom. The summed E-state index contributed by atoms with van der Waals surface area (Å²) in [5.74, 6) is -2.97. The molecule has 0 fully saturated rings. The van der Waals surface area contributed by atoms with Crippen LogP contribution in [0.5, 0.6) is 0 Å². The number of aliphatic carboxylic acids is 2. The molecule has 0 aliphatic carbocycles. The molecule has 4 N–H and O–H groups in total. The third kappa shape index (κ3) is 3.13. The van der Waals surface area contributed by atoms with Crippen molar-refractivity contribution < 1.29 is 24.6 Å². The van der Waals surface area contributed by atoms with Gasteiger partial charge < -0.3 is 20.8 Å². The van der Waals surface area contributed by atoms with Crippen molar-refractivity contribution in [2.45, 2.75) is 19.4 Å². The summed E-state index contributed by atoms with van der Waals surface area (Å²) in [6, 6.07) is 0. The minimum absolute atomic E-state index is 0.0662. The molecule has 0 saturated heterocycles. The van der Waals surface area contributed by atoms with Crippen molar-refractivity contribution >= 4 is 34.3 Å². The van der Waals surface area contributed by atoms with Gasteiger partial charge in [-0.15, -0.1) is 0 Å². The van der Waals surface area contributed by atoms with Crippen molar-refractivity contribution in [3.05, 3.63) is 5.82 Å². The highest BCUT2D eigenvalue weighted by Gasteiger charge is 2.31. The third-order valence-electron chi connectivity index (χ3n) is 1.74. The van der Waals surface area contributed by atoms with E-state index in [9.17, 15) is 9.59 Å². The number of nitrogen functional groups attached to an aromatic ring is 1. The fraction of sp³-hybridized carbons (Fsp3) is 0.375. The average molecular weight is 274 g/mol. The van der Waals surface area contributed by atoms with Crippen LogP contribution in [0.3, 0.4) is 0 Å². The Balaban J connectivity index is 3.01. The normalized spacial score (nSPS) is 12.2. The van der Waals surface area contributed by atoms with Crippen LogP contribution in [0.25, 0.3) is 0 Å². The first kappa shape index (κ1) is 13.8. The van der Waals surface area contributed by atoms with Crippen molar-refractivity contribution in [3.63, 3.8) is 0 Å². The Hall–Kier alpha value is -2.23. The zero-order valence-corrected chi connectivity index (χ0v) is 10.3. The molecule has 0 amide bonds. The molecule has 18 heavy (non-hydrogen) atoms. The first-order chi connectivity index (χ1) is 8.24. The topological polar surface area (TPSA) is 148 Å². The highest BCUT2D eigenvalue weighted by molar-refractivity contribution is 7.09. The van der Waals surface area contributed by atoms with Crippen molar-refractivity contribution in [1.82, 2.24) is 9.36 Å². The number of oxime groups is 1. The minimum atomic E-state index is -1.66. The number of carbonyl (C=O) groups is 2. The zero-order valence-electron chi connectivity index (χ0n) is 9.45. The number of anilines is 1. The molecule has 0 saturated carbocycles. The van der Waals surface area contributed by atoms with Crippen LogP contribution in [-0.2, 0) is 14.4 Å². The molecular formula is C8H10N4O5S. The van der Waals surface area contributed by atoms with Gasteiger partial charge in [0.2, 0.25) is 17.1 Å². The molecule has 0 aliphatic heterocycles. The number of carboxylic acids is 2. The van der Waals surface area contributed by atoms with E-state index in [0.29, 0.717) is 0 Å². The molecule has 0 bridgehead atoms. The van der Waals surface area contributed by atoms with Gasteiger partial charge in [0, 0.05) is 11.5 Å². The predicted molar refractivity (Wildman–Crippen MR) is 61.3 cm³/mol. The van der Waals surface area contributed by atoms with Crippen LogP contribution in [0, 0.1) is 0 Å². The maximum Gasteiger partial charge on any atom is 0.362 e. The first-order valence-electron chi connectivity index (χ1n) is 4.56. The van der Waals surface area contributed by atoms with Gasteiger partial charge >= 0.3 is 11.9 Å². The smallest absolute Gasteiger partial charge is 0.362 e. The van der Waals surface area contributed by atoms with Crippen molar-refractivity contribution in [2.24, 2.45) is 5.16 Å². The second-order valence-electron chi connectivity index (χ2n) is 3.61. The van der Waals surface area contributed by atoms with Crippen LogP contribution in [0.2, 0.25) is 0 Å². The molecule has 1 rings (SSSR count). The Morgan fingerprint density at radius 1 is 1.44 bits per heavy atom. The van der Waals surface area contributed by atoms with Crippen LogP contribution >= 0.6 is 11.5 Å². The maximum atomic E-state index is 10.9. The first-order valence-corrected chi connectivity index (χ1v) is 5.34. The van der Waals surface area contributed by atoms with Gasteiger partial charge in [0.15, 0.2) is 5.13 Å². The number of nitrogens with two attached hydrogens (primary N) is 1. The molecule has 0 spiro atoms.